The Bertz CT molecular complexity index is 1120. The molecule has 0 bridgehead atoms. The number of carboxylic acid groups (broad SMARTS) is 2. The summed E-state index contributed by atoms with van der Waals surface area (Å²) in [5, 5.41) is 37.7. The van der Waals surface area contributed by atoms with Gasteiger partial charge in [-0.25, -0.2) is 19.6 Å². The van der Waals surface area contributed by atoms with Gasteiger partial charge in [0.05, 0.1) is 0 Å². The molecule has 148 valence electrons. The summed E-state index contributed by atoms with van der Waals surface area (Å²) in [5.41, 5.74) is 0.484. The molecule has 0 saturated heterocycles. The Balaban J connectivity index is 0.000000200. The zero-order valence-corrected chi connectivity index (χ0v) is 15.5. The van der Waals surface area contributed by atoms with Crippen LogP contribution in [0.15, 0.2) is 60.7 Å². The third-order valence-electron chi connectivity index (χ3n) is 3.84. The topological polar surface area (TPSA) is 141 Å². The van der Waals surface area contributed by atoms with E-state index in [4.69, 9.17) is 10.2 Å². The van der Waals surface area contributed by atoms with Crippen molar-refractivity contribution < 1.29 is 30.0 Å². The van der Waals surface area contributed by atoms with E-state index >= 15 is 0 Å². The van der Waals surface area contributed by atoms with E-state index in [9.17, 15) is 19.8 Å². The van der Waals surface area contributed by atoms with Gasteiger partial charge in [-0.15, -0.1) is 12.4 Å². The number of aromatic nitrogens is 2. The summed E-state index contributed by atoms with van der Waals surface area (Å²) in [6, 6.07) is 15.9. The van der Waals surface area contributed by atoms with Gasteiger partial charge in [0.15, 0.2) is 0 Å². The van der Waals surface area contributed by atoms with Crippen LogP contribution in [0.3, 0.4) is 0 Å². The van der Waals surface area contributed by atoms with Gasteiger partial charge in [0.1, 0.15) is 33.9 Å². The van der Waals surface area contributed by atoms with Crippen molar-refractivity contribution >= 4 is 46.2 Å². The Morgan fingerprint density at radius 3 is 1.34 bits per heavy atom. The number of fused-ring (bicyclic) bond motifs is 2. The molecule has 2 aromatic carbocycles. The van der Waals surface area contributed by atoms with Gasteiger partial charge in [-0.2, -0.15) is 0 Å². The molecule has 4 rings (SSSR count). The number of phenolic OH excluding ortho intramolecular Hbond substituents is 2. The molecule has 0 atom stereocenters. The number of nitrogens with zero attached hydrogens (tertiary/aromatic N) is 2. The second kappa shape index (κ2) is 8.85. The molecule has 8 nitrogen and oxygen atoms in total. The average Bonchev–Trinajstić information content (AvgIpc) is 2.68. The van der Waals surface area contributed by atoms with Gasteiger partial charge in [0.25, 0.3) is 0 Å². The van der Waals surface area contributed by atoms with E-state index in [1.165, 1.54) is 24.3 Å². The van der Waals surface area contributed by atoms with E-state index in [0.29, 0.717) is 11.0 Å². The molecule has 2 heterocycles. The Kier molecular flexibility index (Phi) is 6.53. The van der Waals surface area contributed by atoms with Crippen LogP contribution in [0, 0.1) is 0 Å². The highest BCUT2D eigenvalue weighted by atomic mass is 35.5. The van der Waals surface area contributed by atoms with Crippen LogP contribution in [0.25, 0.3) is 21.8 Å². The number of hydrogen-bond donors (Lipinski definition) is 4. The minimum absolute atomic E-state index is 0. The second-order valence-electron chi connectivity index (χ2n) is 5.70. The van der Waals surface area contributed by atoms with Crippen LogP contribution in [0.4, 0.5) is 0 Å². The highest BCUT2D eigenvalue weighted by Gasteiger charge is 2.08. The predicted molar refractivity (Wildman–Crippen MR) is 108 cm³/mol. The lowest BCUT2D eigenvalue weighted by Crippen LogP contribution is -1.99. The summed E-state index contributed by atoms with van der Waals surface area (Å²) < 4.78 is 0. The van der Waals surface area contributed by atoms with Crippen molar-refractivity contribution in [3.8, 4) is 11.5 Å². The van der Waals surface area contributed by atoms with Crippen molar-refractivity contribution in [1.29, 1.82) is 0 Å². The number of carboxylic acids is 2. The maximum Gasteiger partial charge on any atom is 0.354 e. The highest BCUT2D eigenvalue weighted by Crippen LogP contribution is 2.23. The van der Waals surface area contributed by atoms with E-state index < -0.39 is 11.9 Å². The standard InChI is InChI=1S/2C10H7NO3.ClH/c2*12-8-3-1-2-6-4-5-7(10(13)14)11-9(6)8;/h2*1-5,12H,(H,13,14);1H. The molecule has 4 aromatic rings. The molecule has 0 saturated carbocycles. The highest BCUT2D eigenvalue weighted by molar-refractivity contribution is 5.92. The van der Waals surface area contributed by atoms with Crippen molar-refractivity contribution in [2.75, 3.05) is 0 Å². The number of aromatic carboxylic acids is 2. The van der Waals surface area contributed by atoms with Crippen molar-refractivity contribution in [2.24, 2.45) is 0 Å². The molecule has 0 fully saturated rings. The van der Waals surface area contributed by atoms with Crippen LogP contribution in [0.1, 0.15) is 21.0 Å². The number of rotatable bonds is 2. The first kappa shape index (κ1) is 21.4. The van der Waals surface area contributed by atoms with E-state index in [1.54, 1.807) is 36.4 Å². The van der Waals surface area contributed by atoms with Crippen LogP contribution in [-0.4, -0.2) is 42.3 Å². The van der Waals surface area contributed by atoms with Gasteiger partial charge in [-0.3, -0.25) is 0 Å². The van der Waals surface area contributed by atoms with E-state index in [0.717, 1.165) is 10.8 Å². The molecule has 0 amide bonds. The maximum atomic E-state index is 10.6. The van der Waals surface area contributed by atoms with Crippen LogP contribution < -0.4 is 0 Å². The zero-order valence-electron chi connectivity index (χ0n) is 14.7. The molecule has 9 heteroatoms. The van der Waals surface area contributed by atoms with Gasteiger partial charge in [0.2, 0.25) is 0 Å². The summed E-state index contributed by atoms with van der Waals surface area (Å²) in [6.07, 6.45) is 0. The largest absolute Gasteiger partial charge is 0.506 e. The maximum absolute atomic E-state index is 10.6. The minimum Gasteiger partial charge on any atom is -0.506 e. The third kappa shape index (κ3) is 4.69. The first-order chi connectivity index (χ1) is 13.4. The van der Waals surface area contributed by atoms with E-state index in [1.807, 2.05) is 0 Å². The third-order valence-corrected chi connectivity index (χ3v) is 3.84. The van der Waals surface area contributed by atoms with Crippen molar-refractivity contribution in [3.05, 3.63) is 72.1 Å². The van der Waals surface area contributed by atoms with Gasteiger partial charge >= 0.3 is 11.9 Å². The minimum atomic E-state index is -1.10. The Labute approximate surface area is 170 Å². The number of aromatic hydroxyl groups is 2. The smallest absolute Gasteiger partial charge is 0.354 e. The molecule has 0 aliphatic carbocycles. The van der Waals surface area contributed by atoms with Gasteiger partial charge in [0, 0.05) is 10.8 Å². The fraction of sp³-hybridized carbons (Fsp3) is 0. The van der Waals surface area contributed by atoms with E-state index in [-0.39, 0.29) is 35.3 Å². The van der Waals surface area contributed by atoms with Gasteiger partial charge in [-0.1, -0.05) is 36.4 Å². The number of para-hydroxylation sites is 2. The van der Waals surface area contributed by atoms with Crippen molar-refractivity contribution in [1.82, 2.24) is 9.97 Å². The van der Waals surface area contributed by atoms with Crippen molar-refractivity contribution in [2.45, 2.75) is 0 Å². The normalized spacial score (nSPS) is 9.93. The number of halogens is 1. The van der Waals surface area contributed by atoms with Crippen LogP contribution >= 0.6 is 12.4 Å². The number of hydrogen-bond acceptors (Lipinski definition) is 6. The first-order valence-corrected chi connectivity index (χ1v) is 8.01. The summed E-state index contributed by atoms with van der Waals surface area (Å²) in [6.45, 7) is 0. The monoisotopic (exact) mass is 414 g/mol. The average molecular weight is 415 g/mol. The second-order valence-corrected chi connectivity index (χ2v) is 5.70. The van der Waals surface area contributed by atoms with Gasteiger partial charge < -0.3 is 20.4 Å². The van der Waals surface area contributed by atoms with Gasteiger partial charge in [-0.05, 0) is 24.3 Å². The molecule has 0 aliphatic rings. The summed E-state index contributed by atoms with van der Waals surface area (Å²) in [4.78, 5) is 28.9. The number of phenols is 2. The SMILES string of the molecule is Cl.O=C(O)c1ccc2cccc(O)c2n1.O=C(O)c1ccc2cccc(O)c2n1. The molecule has 0 aliphatic heterocycles. The molecule has 0 radical (unpaired) electrons. The predicted octanol–water partition coefficient (Wildman–Crippen LogP) is 3.70. The summed E-state index contributed by atoms with van der Waals surface area (Å²) in [7, 11) is 0. The fourth-order valence-corrected chi connectivity index (χ4v) is 2.50. The zero-order chi connectivity index (χ0) is 20.3. The fourth-order valence-electron chi connectivity index (χ4n) is 2.50. The lowest BCUT2D eigenvalue weighted by molar-refractivity contribution is 0.0680. The molecule has 0 spiro atoms. The Morgan fingerprint density at radius 1 is 0.621 bits per heavy atom. The number of carbonyl (C=O) groups is 2. The molecule has 29 heavy (non-hydrogen) atoms. The van der Waals surface area contributed by atoms with Crippen molar-refractivity contribution in [3.63, 3.8) is 0 Å². The van der Waals surface area contributed by atoms with Crippen LogP contribution in [-0.2, 0) is 0 Å². The molecule has 0 unspecified atom stereocenters. The molecular formula is C20H15ClN2O6. The lowest BCUT2D eigenvalue weighted by Gasteiger charge is -2.00. The molecule has 4 N–H and O–H groups in total. The summed E-state index contributed by atoms with van der Waals surface area (Å²) in [5.74, 6) is -2.22. The van der Waals surface area contributed by atoms with E-state index in [2.05, 4.69) is 9.97 Å². The quantitative estimate of drug-likeness (QED) is 0.389. The van der Waals surface area contributed by atoms with Crippen LogP contribution in [0.5, 0.6) is 11.5 Å². The lowest BCUT2D eigenvalue weighted by atomic mass is 10.2. The number of pyridine rings is 2. The Hall–Kier alpha value is -3.91. The molecule has 2 aromatic heterocycles. The van der Waals surface area contributed by atoms with Crippen LogP contribution in [0.2, 0.25) is 0 Å². The molecular weight excluding hydrogens is 400 g/mol. The first-order valence-electron chi connectivity index (χ1n) is 8.01. The number of benzene rings is 2. The summed E-state index contributed by atoms with van der Waals surface area (Å²) >= 11 is 0. The Morgan fingerprint density at radius 2 is 1.00 bits per heavy atom.